The van der Waals surface area contributed by atoms with Gasteiger partial charge in [0.25, 0.3) is 0 Å². The van der Waals surface area contributed by atoms with Crippen molar-refractivity contribution in [1.82, 2.24) is 4.90 Å². The van der Waals surface area contributed by atoms with Crippen LogP contribution in [0.1, 0.15) is 83.5 Å². The Kier molecular flexibility index (Phi) is 5.74. The first kappa shape index (κ1) is 17.9. The Morgan fingerprint density at radius 3 is 2.24 bits per heavy atom. The summed E-state index contributed by atoms with van der Waals surface area (Å²) in [7, 11) is 0. The van der Waals surface area contributed by atoms with Crippen LogP contribution >= 0.6 is 11.8 Å². The molecule has 0 N–H and O–H groups in total. The van der Waals surface area contributed by atoms with Crippen molar-refractivity contribution < 1.29 is 9.59 Å². The Labute approximate surface area is 156 Å². The lowest BCUT2D eigenvalue weighted by atomic mass is 9.92. The summed E-state index contributed by atoms with van der Waals surface area (Å²) in [5, 5.41) is 0.531. The minimum Gasteiger partial charge on any atom is -0.281 e. The summed E-state index contributed by atoms with van der Waals surface area (Å²) >= 11 is 1.84. The number of thioether (sulfide) groups is 1. The molecule has 3 aliphatic carbocycles. The lowest BCUT2D eigenvalue weighted by Gasteiger charge is -2.20. The molecule has 3 nitrogen and oxygen atoms in total. The number of imide groups is 1. The highest BCUT2D eigenvalue weighted by Gasteiger charge is 2.42. The number of likely N-dealkylation sites (tertiary alicyclic amines) is 1. The maximum Gasteiger partial charge on any atom is 0.242 e. The molecule has 0 spiro atoms. The van der Waals surface area contributed by atoms with Gasteiger partial charge in [0.15, 0.2) is 0 Å². The van der Waals surface area contributed by atoms with Gasteiger partial charge in [0, 0.05) is 18.2 Å². The van der Waals surface area contributed by atoms with E-state index >= 15 is 0 Å². The molecule has 4 fully saturated rings. The second-order valence-corrected chi connectivity index (χ2v) is 10.5. The van der Waals surface area contributed by atoms with Crippen LogP contribution in [0.2, 0.25) is 0 Å². The molecular formula is C21H33NO2S. The molecule has 3 unspecified atom stereocenters. The highest BCUT2D eigenvalue weighted by molar-refractivity contribution is 8.01. The minimum atomic E-state index is -0.0795. The van der Waals surface area contributed by atoms with Crippen molar-refractivity contribution in [3.05, 3.63) is 0 Å². The number of amides is 2. The van der Waals surface area contributed by atoms with Crippen LogP contribution in [0.3, 0.4) is 0 Å². The van der Waals surface area contributed by atoms with Gasteiger partial charge in [-0.3, -0.25) is 14.5 Å². The number of carbonyl (C=O) groups excluding carboxylic acids is 2. The van der Waals surface area contributed by atoms with Gasteiger partial charge in [-0.2, -0.15) is 0 Å². The fourth-order valence-electron chi connectivity index (χ4n) is 5.72. The Morgan fingerprint density at radius 2 is 1.52 bits per heavy atom. The van der Waals surface area contributed by atoms with E-state index in [0.29, 0.717) is 24.1 Å². The summed E-state index contributed by atoms with van der Waals surface area (Å²) in [6.07, 6.45) is 16.4. The summed E-state index contributed by atoms with van der Waals surface area (Å²) in [5.41, 5.74) is 0. The predicted molar refractivity (Wildman–Crippen MR) is 102 cm³/mol. The van der Waals surface area contributed by atoms with Crippen LogP contribution in [0.4, 0.5) is 0 Å². The molecule has 4 rings (SSSR count). The zero-order valence-electron chi connectivity index (χ0n) is 15.5. The molecule has 0 bridgehead atoms. The van der Waals surface area contributed by atoms with Crippen LogP contribution < -0.4 is 0 Å². The molecule has 4 aliphatic rings. The van der Waals surface area contributed by atoms with Gasteiger partial charge in [0.05, 0.1) is 5.25 Å². The largest absolute Gasteiger partial charge is 0.281 e. The van der Waals surface area contributed by atoms with Gasteiger partial charge >= 0.3 is 0 Å². The molecular weight excluding hydrogens is 330 g/mol. The highest BCUT2D eigenvalue weighted by atomic mass is 32.2. The van der Waals surface area contributed by atoms with Gasteiger partial charge in [0.2, 0.25) is 11.8 Å². The molecule has 140 valence electrons. The molecule has 0 aromatic heterocycles. The zero-order chi connectivity index (χ0) is 17.2. The Hall–Kier alpha value is -0.510. The van der Waals surface area contributed by atoms with E-state index in [1.165, 1.54) is 77.0 Å². The lowest BCUT2D eigenvalue weighted by molar-refractivity contribution is -0.138. The molecule has 3 saturated carbocycles. The zero-order valence-corrected chi connectivity index (χ0v) is 16.3. The smallest absolute Gasteiger partial charge is 0.242 e. The first-order valence-corrected chi connectivity index (χ1v) is 11.6. The normalized spacial score (nSPS) is 34.7. The van der Waals surface area contributed by atoms with Crippen molar-refractivity contribution in [2.24, 2.45) is 17.8 Å². The quantitative estimate of drug-likeness (QED) is 0.637. The van der Waals surface area contributed by atoms with E-state index < -0.39 is 0 Å². The SMILES string of the molecule is O=C1CC(SC2CCC(CC3CCCC3)C2)C(=O)N1CC1CCCC1. The first-order chi connectivity index (χ1) is 12.2. The molecule has 1 aliphatic heterocycles. The second kappa shape index (κ2) is 8.02. The van der Waals surface area contributed by atoms with Gasteiger partial charge < -0.3 is 0 Å². The molecule has 4 heteroatoms. The number of rotatable bonds is 6. The van der Waals surface area contributed by atoms with E-state index in [-0.39, 0.29) is 17.1 Å². The third kappa shape index (κ3) is 4.26. The van der Waals surface area contributed by atoms with Crippen molar-refractivity contribution in [2.75, 3.05) is 6.54 Å². The maximum absolute atomic E-state index is 12.7. The highest BCUT2D eigenvalue weighted by Crippen LogP contribution is 2.43. The molecule has 0 aromatic rings. The van der Waals surface area contributed by atoms with E-state index in [4.69, 9.17) is 0 Å². The molecule has 1 heterocycles. The lowest BCUT2D eigenvalue weighted by Crippen LogP contribution is -2.35. The van der Waals surface area contributed by atoms with Gasteiger partial charge in [-0.25, -0.2) is 0 Å². The van der Waals surface area contributed by atoms with Crippen LogP contribution in [-0.2, 0) is 9.59 Å². The standard InChI is InChI=1S/C21H33NO2S/c23-20-13-19(21(24)22(20)14-16-7-3-4-8-16)25-18-10-9-17(12-18)11-15-5-1-2-6-15/h15-19H,1-14H2. The molecule has 3 atom stereocenters. The van der Waals surface area contributed by atoms with E-state index in [1.807, 2.05) is 11.8 Å². The molecule has 25 heavy (non-hydrogen) atoms. The van der Waals surface area contributed by atoms with Gasteiger partial charge in [-0.05, 0) is 56.3 Å². The minimum absolute atomic E-state index is 0.0795. The van der Waals surface area contributed by atoms with Crippen molar-refractivity contribution in [3.63, 3.8) is 0 Å². The predicted octanol–water partition coefficient (Wildman–Crippen LogP) is 4.79. The van der Waals surface area contributed by atoms with Crippen LogP contribution in [0, 0.1) is 17.8 Å². The fraction of sp³-hybridized carbons (Fsp3) is 0.905. The van der Waals surface area contributed by atoms with E-state index in [0.717, 1.165) is 11.8 Å². The van der Waals surface area contributed by atoms with Gasteiger partial charge in [-0.15, -0.1) is 11.8 Å². The summed E-state index contributed by atoms with van der Waals surface area (Å²) in [6, 6.07) is 0. The fourth-order valence-corrected chi connectivity index (χ4v) is 7.32. The number of nitrogens with zero attached hydrogens (tertiary/aromatic N) is 1. The van der Waals surface area contributed by atoms with Crippen molar-refractivity contribution >= 4 is 23.6 Å². The topological polar surface area (TPSA) is 37.4 Å². The molecule has 0 aromatic carbocycles. The monoisotopic (exact) mass is 363 g/mol. The first-order valence-electron chi connectivity index (χ1n) is 10.7. The Morgan fingerprint density at radius 1 is 0.840 bits per heavy atom. The average molecular weight is 364 g/mol. The summed E-state index contributed by atoms with van der Waals surface area (Å²) in [4.78, 5) is 26.7. The number of hydrogen-bond donors (Lipinski definition) is 0. The summed E-state index contributed by atoms with van der Waals surface area (Å²) in [6.45, 7) is 0.698. The summed E-state index contributed by atoms with van der Waals surface area (Å²) in [5.74, 6) is 2.64. The third-order valence-corrected chi connectivity index (χ3v) is 8.62. The van der Waals surface area contributed by atoms with Crippen molar-refractivity contribution in [1.29, 1.82) is 0 Å². The number of carbonyl (C=O) groups is 2. The van der Waals surface area contributed by atoms with Crippen molar-refractivity contribution in [2.45, 2.75) is 94.0 Å². The number of hydrogen-bond acceptors (Lipinski definition) is 3. The van der Waals surface area contributed by atoms with Gasteiger partial charge in [-0.1, -0.05) is 38.5 Å². The molecule has 2 amide bonds. The Bertz CT molecular complexity index is 496. The average Bonchev–Trinajstić information content (AvgIpc) is 3.37. The molecule has 0 radical (unpaired) electrons. The van der Waals surface area contributed by atoms with Crippen LogP contribution in [-0.4, -0.2) is 33.8 Å². The van der Waals surface area contributed by atoms with E-state index in [2.05, 4.69) is 0 Å². The van der Waals surface area contributed by atoms with Crippen LogP contribution in [0.5, 0.6) is 0 Å². The van der Waals surface area contributed by atoms with Crippen LogP contribution in [0.25, 0.3) is 0 Å². The molecule has 1 saturated heterocycles. The van der Waals surface area contributed by atoms with Gasteiger partial charge in [0.1, 0.15) is 0 Å². The van der Waals surface area contributed by atoms with Crippen molar-refractivity contribution in [3.8, 4) is 0 Å². The maximum atomic E-state index is 12.7. The van der Waals surface area contributed by atoms with E-state index in [1.54, 1.807) is 4.90 Å². The Balaban J connectivity index is 1.25. The van der Waals surface area contributed by atoms with E-state index in [9.17, 15) is 9.59 Å². The summed E-state index contributed by atoms with van der Waals surface area (Å²) < 4.78 is 0. The third-order valence-electron chi connectivity index (χ3n) is 7.11. The van der Waals surface area contributed by atoms with Crippen LogP contribution in [0.15, 0.2) is 0 Å². The second-order valence-electron chi connectivity index (χ2n) is 9.01.